The van der Waals surface area contributed by atoms with Gasteiger partial charge in [0.15, 0.2) is 0 Å². The summed E-state index contributed by atoms with van der Waals surface area (Å²) in [7, 11) is 0. The molecule has 1 aliphatic heterocycles. The van der Waals surface area contributed by atoms with Gasteiger partial charge in [0.05, 0.1) is 18.2 Å². The van der Waals surface area contributed by atoms with Gasteiger partial charge < -0.3 is 9.84 Å². The number of aliphatic hydroxyl groups is 1. The molecule has 0 saturated heterocycles. The second kappa shape index (κ2) is 9.51. The molecule has 3 aromatic carbocycles. The maximum Gasteiger partial charge on any atom is 0.119 e. The van der Waals surface area contributed by atoms with E-state index in [-0.39, 0.29) is 0 Å². The van der Waals surface area contributed by atoms with Gasteiger partial charge in [0.2, 0.25) is 0 Å². The number of nitrogens with zero attached hydrogens (tertiary/aromatic N) is 2. The van der Waals surface area contributed by atoms with Gasteiger partial charge >= 0.3 is 0 Å². The van der Waals surface area contributed by atoms with E-state index in [2.05, 4.69) is 70.5 Å². The Morgan fingerprint density at radius 2 is 1.78 bits per heavy atom. The first-order valence-electron chi connectivity index (χ1n) is 11.3. The van der Waals surface area contributed by atoms with Crippen molar-refractivity contribution in [3.8, 4) is 16.9 Å². The smallest absolute Gasteiger partial charge is 0.119 e. The highest BCUT2D eigenvalue weighted by Crippen LogP contribution is 2.29. The molecular weight excluding hydrogens is 396 g/mol. The minimum Gasteiger partial charge on any atom is -0.493 e. The van der Waals surface area contributed by atoms with Crippen molar-refractivity contribution in [2.24, 2.45) is 0 Å². The first-order valence-corrected chi connectivity index (χ1v) is 11.3. The summed E-state index contributed by atoms with van der Waals surface area (Å²) < 4.78 is 6.00. The predicted octanol–water partition coefficient (Wildman–Crippen LogP) is 5.09. The van der Waals surface area contributed by atoms with Crippen LogP contribution in [0.1, 0.15) is 17.5 Å². The van der Waals surface area contributed by atoms with Crippen LogP contribution in [-0.4, -0.2) is 40.8 Å². The number of benzene rings is 3. The van der Waals surface area contributed by atoms with Crippen molar-refractivity contribution in [2.75, 3.05) is 19.7 Å². The van der Waals surface area contributed by atoms with E-state index in [0.717, 1.165) is 47.3 Å². The van der Waals surface area contributed by atoms with E-state index in [1.807, 2.05) is 24.4 Å². The summed E-state index contributed by atoms with van der Waals surface area (Å²) in [6.07, 6.45) is 3.09. The van der Waals surface area contributed by atoms with Gasteiger partial charge in [-0.3, -0.25) is 9.88 Å². The zero-order chi connectivity index (χ0) is 21.8. The fourth-order valence-electron chi connectivity index (χ4n) is 4.50. The number of ether oxygens (including phenoxy) is 1. The van der Waals surface area contributed by atoms with Crippen LogP contribution in [0.15, 0.2) is 85.1 Å². The standard InChI is InChI=1S/C28H28N2O2/c31-25(20-30-16-13-21-6-1-2-7-24(21)19-30)14-17-32-26-11-3-9-23(18-26)27-12-4-8-22-10-5-15-29-28(22)27/h1-12,15,18,25,31H,13-14,16-17,19-20H2/t25-/m1/s1. The number of fused-ring (bicyclic) bond motifs is 2. The molecule has 0 spiro atoms. The molecule has 0 aliphatic carbocycles. The summed E-state index contributed by atoms with van der Waals surface area (Å²) in [5.41, 5.74) is 5.98. The second-order valence-corrected chi connectivity index (χ2v) is 8.45. The predicted molar refractivity (Wildman–Crippen MR) is 129 cm³/mol. The number of aliphatic hydroxyl groups excluding tert-OH is 1. The molecule has 4 heteroatoms. The Kier molecular flexibility index (Phi) is 6.15. The molecule has 0 fully saturated rings. The highest BCUT2D eigenvalue weighted by molar-refractivity contribution is 5.93. The number of hydrogen-bond donors (Lipinski definition) is 1. The van der Waals surface area contributed by atoms with Crippen LogP contribution in [-0.2, 0) is 13.0 Å². The van der Waals surface area contributed by atoms with E-state index in [1.54, 1.807) is 0 Å². The normalized spacial score (nSPS) is 14.8. The van der Waals surface area contributed by atoms with Crippen molar-refractivity contribution >= 4 is 10.9 Å². The Balaban J connectivity index is 1.17. The molecule has 1 aliphatic rings. The molecule has 162 valence electrons. The molecule has 1 N–H and O–H groups in total. The van der Waals surface area contributed by atoms with E-state index < -0.39 is 6.10 Å². The van der Waals surface area contributed by atoms with Crippen LogP contribution < -0.4 is 4.74 Å². The fourth-order valence-corrected chi connectivity index (χ4v) is 4.50. The molecule has 0 saturated carbocycles. The third-order valence-electron chi connectivity index (χ3n) is 6.18. The average molecular weight is 425 g/mol. The zero-order valence-electron chi connectivity index (χ0n) is 18.2. The van der Waals surface area contributed by atoms with Crippen LogP contribution >= 0.6 is 0 Å². The lowest BCUT2D eigenvalue weighted by atomic mass is 9.99. The van der Waals surface area contributed by atoms with E-state index in [9.17, 15) is 5.11 Å². The van der Waals surface area contributed by atoms with Crippen molar-refractivity contribution in [2.45, 2.75) is 25.5 Å². The third-order valence-corrected chi connectivity index (χ3v) is 6.18. The summed E-state index contributed by atoms with van der Waals surface area (Å²) in [6.45, 7) is 3.08. The number of β-amino-alcohol motifs (C(OH)–C–C–N with tert-alkyl or cyclic N) is 1. The van der Waals surface area contributed by atoms with Gasteiger partial charge in [-0.2, -0.15) is 0 Å². The van der Waals surface area contributed by atoms with Crippen LogP contribution in [0, 0.1) is 0 Å². The Morgan fingerprint density at radius 3 is 2.72 bits per heavy atom. The highest BCUT2D eigenvalue weighted by atomic mass is 16.5. The summed E-state index contributed by atoms with van der Waals surface area (Å²) in [5.74, 6) is 0.814. The molecule has 0 unspecified atom stereocenters. The second-order valence-electron chi connectivity index (χ2n) is 8.45. The van der Waals surface area contributed by atoms with Crippen molar-refractivity contribution < 1.29 is 9.84 Å². The Hall–Kier alpha value is -3.21. The SMILES string of the molecule is O[C@H](CCOc1cccc(-c2cccc3cccnc23)c1)CN1CCc2ccccc2C1. The average Bonchev–Trinajstić information content (AvgIpc) is 2.84. The summed E-state index contributed by atoms with van der Waals surface area (Å²) >= 11 is 0. The molecular formula is C28H28N2O2. The largest absolute Gasteiger partial charge is 0.493 e. The van der Waals surface area contributed by atoms with E-state index in [4.69, 9.17) is 4.74 Å². The molecule has 0 bridgehead atoms. The maximum absolute atomic E-state index is 10.5. The molecule has 32 heavy (non-hydrogen) atoms. The number of hydrogen-bond acceptors (Lipinski definition) is 4. The van der Waals surface area contributed by atoms with Crippen LogP contribution in [0.3, 0.4) is 0 Å². The zero-order valence-corrected chi connectivity index (χ0v) is 18.2. The first-order chi connectivity index (χ1) is 15.8. The fraction of sp³-hybridized carbons (Fsp3) is 0.250. The summed E-state index contributed by atoms with van der Waals surface area (Å²) in [4.78, 5) is 6.90. The maximum atomic E-state index is 10.5. The Labute approximate surface area is 189 Å². The van der Waals surface area contributed by atoms with Crippen LogP contribution in [0.2, 0.25) is 0 Å². The molecule has 4 nitrogen and oxygen atoms in total. The van der Waals surface area contributed by atoms with Gasteiger partial charge in [-0.15, -0.1) is 0 Å². The number of rotatable bonds is 7. The molecule has 5 rings (SSSR count). The quantitative estimate of drug-likeness (QED) is 0.449. The number of aromatic nitrogens is 1. The van der Waals surface area contributed by atoms with Gasteiger partial charge in [-0.05, 0) is 41.3 Å². The van der Waals surface area contributed by atoms with E-state index >= 15 is 0 Å². The molecule has 1 aromatic heterocycles. The first kappa shape index (κ1) is 20.7. The topological polar surface area (TPSA) is 45.6 Å². The van der Waals surface area contributed by atoms with Gasteiger partial charge in [-0.1, -0.05) is 60.7 Å². The molecule has 0 radical (unpaired) electrons. The molecule has 4 aromatic rings. The van der Waals surface area contributed by atoms with Crippen LogP contribution in [0.5, 0.6) is 5.75 Å². The Morgan fingerprint density at radius 1 is 0.938 bits per heavy atom. The number of pyridine rings is 1. The summed E-state index contributed by atoms with van der Waals surface area (Å²) in [6, 6.07) is 27.0. The lowest BCUT2D eigenvalue weighted by Gasteiger charge is -2.30. The van der Waals surface area contributed by atoms with Gasteiger partial charge in [0.25, 0.3) is 0 Å². The monoisotopic (exact) mass is 424 g/mol. The highest BCUT2D eigenvalue weighted by Gasteiger charge is 2.18. The van der Waals surface area contributed by atoms with Crippen molar-refractivity contribution in [3.05, 3.63) is 96.2 Å². The Bertz CT molecular complexity index is 1200. The van der Waals surface area contributed by atoms with Crippen molar-refractivity contribution in [1.29, 1.82) is 0 Å². The van der Waals surface area contributed by atoms with Gasteiger partial charge in [-0.25, -0.2) is 0 Å². The lowest BCUT2D eigenvalue weighted by molar-refractivity contribution is 0.0856. The number of para-hydroxylation sites is 1. The van der Waals surface area contributed by atoms with E-state index in [1.165, 1.54) is 11.1 Å². The van der Waals surface area contributed by atoms with Crippen molar-refractivity contribution in [3.63, 3.8) is 0 Å². The summed E-state index contributed by atoms with van der Waals surface area (Å²) in [5, 5.41) is 11.7. The third kappa shape index (κ3) is 4.67. The van der Waals surface area contributed by atoms with Crippen LogP contribution in [0.25, 0.3) is 22.0 Å². The van der Waals surface area contributed by atoms with Gasteiger partial charge in [0.1, 0.15) is 5.75 Å². The molecule has 2 heterocycles. The molecule has 0 amide bonds. The van der Waals surface area contributed by atoms with E-state index in [0.29, 0.717) is 19.6 Å². The van der Waals surface area contributed by atoms with Gasteiger partial charge in [0, 0.05) is 43.2 Å². The lowest BCUT2D eigenvalue weighted by Crippen LogP contribution is -2.37. The minimum absolute atomic E-state index is 0.397. The van der Waals surface area contributed by atoms with Crippen LogP contribution in [0.4, 0.5) is 0 Å². The van der Waals surface area contributed by atoms with Crippen molar-refractivity contribution in [1.82, 2.24) is 9.88 Å². The minimum atomic E-state index is -0.397. The molecule has 1 atom stereocenters.